The standard InChI is InChI=1S/C13H10ClNO3.2C2H6/c14-12-7-6-11(8-13(12)15(16)17)18-9-10-4-2-1-3-5-10;2*1-2/h1-8H,9H2;2*1-2H3. The lowest BCUT2D eigenvalue weighted by atomic mass is 10.2. The van der Waals surface area contributed by atoms with Crippen LogP contribution in [0.4, 0.5) is 5.69 Å². The van der Waals surface area contributed by atoms with Crippen molar-refractivity contribution in [3.05, 3.63) is 69.2 Å². The molecule has 0 bridgehead atoms. The fraction of sp³-hybridized carbons (Fsp3) is 0.294. The number of ether oxygens (including phenoxy) is 1. The van der Waals surface area contributed by atoms with E-state index in [2.05, 4.69) is 0 Å². The van der Waals surface area contributed by atoms with E-state index in [1.807, 2.05) is 58.0 Å². The first kappa shape index (κ1) is 19.9. The number of benzene rings is 2. The zero-order valence-electron chi connectivity index (χ0n) is 13.4. The molecule has 0 aliphatic carbocycles. The maximum atomic E-state index is 10.7. The van der Waals surface area contributed by atoms with Crippen LogP contribution in [0.2, 0.25) is 5.02 Å². The van der Waals surface area contributed by atoms with E-state index in [0.717, 1.165) is 5.56 Å². The smallest absolute Gasteiger partial charge is 0.291 e. The van der Waals surface area contributed by atoms with Crippen molar-refractivity contribution in [1.82, 2.24) is 0 Å². The zero-order valence-corrected chi connectivity index (χ0v) is 14.1. The molecule has 0 saturated heterocycles. The van der Waals surface area contributed by atoms with Crippen LogP contribution >= 0.6 is 11.6 Å². The highest BCUT2D eigenvalue weighted by Crippen LogP contribution is 2.28. The number of hydrogen-bond acceptors (Lipinski definition) is 3. The van der Waals surface area contributed by atoms with Gasteiger partial charge >= 0.3 is 0 Å². The number of halogens is 1. The van der Waals surface area contributed by atoms with E-state index >= 15 is 0 Å². The van der Waals surface area contributed by atoms with E-state index in [0.29, 0.717) is 12.4 Å². The molecule has 0 aliphatic heterocycles. The first-order chi connectivity index (χ1) is 10.7. The molecule has 0 unspecified atom stereocenters. The van der Waals surface area contributed by atoms with Gasteiger partial charge in [-0.3, -0.25) is 10.1 Å². The minimum atomic E-state index is -0.530. The summed E-state index contributed by atoms with van der Waals surface area (Å²) < 4.78 is 5.47. The minimum Gasteiger partial charge on any atom is -0.489 e. The molecule has 0 radical (unpaired) electrons. The van der Waals surface area contributed by atoms with Gasteiger partial charge in [-0.25, -0.2) is 0 Å². The first-order valence-corrected chi connectivity index (χ1v) is 7.65. The summed E-state index contributed by atoms with van der Waals surface area (Å²) in [7, 11) is 0. The van der Waals surface area contributed by atoms with Gasteiger partial charge in [0.15, 0.2) is 0 Å². The highest BCUT2D eigenvalue weighted by atomic mass is 35.5. The molecule has 2 rings (SSSR count). The molecule has 0 N–H and O–H groups in total. The van der Waals surface area contributed by atoms with Gasteiger partial charge in [-0.15, -0.1) is 0 Å². The average Bonchev–Trinajstić information content (AvgIpc) is 2.58. The van der Waals surface area contributed by atoms with Crippen molar-refractivity contribution in [2.24, 2.45) is 0 Å². The van der Waals surface area contributed by atoms with Gasteiger partial charge in [-0.1, -0.05) is 69.6 Å². The second-order valence-electron chi connectivity index (χ2n) is 3.64. The Morgan fingerprint density at radius 3 is 2.18 bits per heavy atom. The van der Waals surface area contributed by atoms with Gasteiger partial charge in [-0.2, -0.15) is 0 Å². The van der Waals surface area contributed by atoms with Crippen LogP contribution in [0, 0.1) is 10.1 Å². The Morgan fingerprint density at radius 2 is 1.64 bits per heavy atom. The zero-order chi connectivity index (χ0) is 17.0. The number of nitro benzene ring substituents is 1. The quantitative estimate of drug-likeness (QED) is 0.521. The number of rotatable bonds is 4. The fourth-order valence-electron chi connectivity index (χ4n) is 1.46. The Hall–Kier alpha value is -2.07. The van der Waals surface area contributed by atoms with E-state index < -0.39 is 4.92 Å². The maximum absolute atomic E-state index is 10.7. The minimum absolute atomic E-state index is 0.104. The van der Waals surface area contributed by atoms with Crippen LogP contribution in [0.1, 0.15) is 33.3 Å². The molecule has 0 aromatic heterocycles. The summed E-state index contributed by atoms with van der Waals surface area (Å²) >= 11 is 5.71. The predicted molar refractivity (Wildman–Crippen MR) is 91.6 cm³/mol. The van der Waals surface area contributed by atoms with E-state index in [1.54, 1.807) is 6.07 Å². The molecule has 2 aromatic carbocycles. The highest BCUT2D eigenvalue weighted by molar-refractivity contribution is 6.32. The second-order valence-corrected chi connectivity index (χ2v) is 4.05. The van der Waals surface area contributed by atoms with E-state index in [9.17, 15) is 10.1 Å². The molecule has 5 heteroatoms. The van der Waals surface area contributed by atoms with Crippen LogP contribution in [0.15, 0.2) is 48.5 Å². The third kappa shape index (κ3) is 6.59. The number of nitrogens with zero attached hydrogens (tertiary/aromatic N) is 1. The summed E-state index contributed by atoms with van der Waals surface area (Å²) in [6.07, 6.45) is 0. The summed E-state index contributed by atoms with van der Waals surface area (Å²) in [5, 5.41) is 10.8. The third-order valence-corrected chi connectivity index (χ3v) is 2.68. The van der Waals surface area contributed by atoms with Gasteiger partial charge in [0, 0.05) is 0 Å². The highest BCUT2D eigenvalue weighted by Gasteiger charge is 2.13. The average molecular weight is 324 g/mol. The summed E-state index contributed by atoms with van der Waals surface area (Å²) in [5.74, 6) is 0.426. The van der Waals surface area contributed by atoms with Crippen LogP contribution in [0.3, 0.4) is 0 Å². The molecule has 0 saturated carbocycles. The van der Waals surface area contributed by atoms with Crippen LogP contribution in [-0.2, 0) is 6.61 Å². The van der Waals surface area contributed by atoms with Gasteiger partial charge < -0.3 is 4.74 Å². The van der Waals surface area contributed by atoms with Crippen molar-refractivity contribution < 1.29 is 9.66 Å². The van der Waals surface area contributed by atoms with Crippen LogP contribution in [-0.4, -0.2) is 4.92 Å². The molecule has 0 spiro atoms. The fourth-order valence-corrected chi connectivity index (χ4v) is 1.65. The molecule has 0 atom stereocenters. The van der Waals surface area contributed by atoms with Gasteiger partial charge in [-0.05, 0) is 17.7 Å². The lowest BCUT2D eigenvalue weighted by molar-refractivity contribution is -0.384. The lowest BCUT2D eigenvalue weighted by Crippen LogP contribution is -1.96. The van der Waals surface area contributed by atoms with Crippen molar-refractivity contribution in [3.8, 4) is 5.75 Å². The van der Waals surface area contributed by atoms with Gasteiger partial charge in [0.1, 0.15) is 17.4 Å². The largest absolute Gasteiger partial charge is 0.489 e. The van der Waals surface area contributed by atoms with Gasteiger partial charge in [0.25, 0.3) is 5.69 Å². The second kappa shape index (κ2) is 11.6. The molecule has 22 heavy (non-hydrogen) atoms. The molecule has 120 valence electrons. The predicted octanol–water partition coefficient (Wildman–Crippen LogP) is 5.88. The van der Waals surface area contributed by atoms with Crippen molar-refractivity contribution in [3.63, 3.8) is 0 Å². The molecule has 0 aliphatic rings. The van der Waals surface area contributed by atoms with Crippen molar-refractivity contribution >= 4 is 17.3 Å². The van der Waals surface area contributed by atoms with Gasteiger partial charge in [0.2, 0.25) is 0 Å². The monoisotopic (exact) mass is 323 g/mol. The summed E-state index contributed by atoms with van der Waals surface area (Å²) in [6.45, 7) is 8.36. The molecule has 2 aromatic rings. The molecule has 4 nitrogen and oxygen atoms in total. The Labute approximate surface area is 136 Å². The van der Waals surface area contributed by atoms with Crippen molar-refractivity contribution in [2.75, 3.05) is 0 Å². The molecule has 0 amide bonds. The van der Waals surface area contributed by atoms with E-state index in [4.69, 9.17) is 16.3 Å². The summed E-state index contributed by atoms with van der Waals surface area (Å²) in [4.78, 5) is 10.2. The summed E-state index contributed by atoms with van der Waals surface area (Å²) in [5.41, 5.74) is 0.845. The van der Waals surface area contributed by atoms with Crippen molar-refractivity contribution in [2.45, 2.75) is 34.3 Å². The number of hydrogen-bond donors (Lipinski definition) is 0. The van der Waals surface area contributed by atoms with Gasteiger partial charge in [0.05, 0.1) is 11.0 Å². The SMILES string of the molecule is CC.CC.O=[N+]([O-])c1cc(OCc2ccccc2)ccc1Cl. The normalized spacial score (nSPS) is 8.77. The summed E-state index contributed by atoms with van der Waals surface area (Å²) in [6, 6.07) is 14.0. The van der Waals surface area contributed by atoms with Crippen molar-refractivity contribution in [1.29, 1.82) is 0 Å². The topological polar surface area (TPSA) is 52.4 Å². The van der Waals surface area contributed by atoms with Crippen LogP contribution in [0.5, 0.6) is 5.75 Å². The Kier molecular flexibility index (Phi) is 10.5. The van der Waals surface area contributed by atoms with Crippen LogP contribution < -0.4 is 4.74 Å². The first-order valence-electron chi connectivity index (χ1n) is 7.27. The lowest BCUT2D eigenvalue weighted by Gasteiger charge is -2.06. The van der Waals surface area contributed by atoms with E-state index in [1.165, 1.54) is 12.1 Å². The van der Waals surface area contributed by atoms with E-state index in [-0.39, 0.29) is 10.7 Å². The Bertz CT molecular complexity index is 559. The van der Waals surface area contributed by atoms with Crippen LogP contribution in [0.25, 0.3) is 0 Å². The molecule has 0 fully saturated rings. The molecular formula is C17H22ClNO3. The Morgan fingerprint density at radius 1 is 1.05 bits per heavy atom. The number of nitro groups is 1. The molecular weight excluding hydrogens is 302 g/mol. The Balaban J connectivity index is 0.00000102. The molecule has 0 heterocycles. The third-order valence-electron chi connectivity index (χ3n) is 2.36. The maximum Gasteiger partial charge on any atom is 0.291 e.